The van der Waals surface area contributed by atoms with Gasteiger partial charge in [0.15, 0.2) is 0 Å². The molecule has 0 N–H and O–H groups in total. The molecule has 5 heteroatoms. The van der Waals surface area contributed by atoms with Gasteiger partial charge in [-0.15, -0.1) is 11.3 Å². The molecule has 0 saturated heterocycles. The standard InChI is InChI=1S/C15H15ClN2OS/c16-12-3-1-11(2-4-12)15(19)18(13-5-6-13)9-7-14-17-8-10-20-14/h1-4,8,10,13H,5-7,9H2. The van der Waals surface area contributed by atoms with E-state index in [4.69, 9.17) is 11.6 Å². The molecule has 1 aromatic heterocycles. The Hall–Kier alpha value is -1.39. The van der Waals surface area contributed by atoms with Crippen molar-refractivity contribution in [1.29, 1.82) is 0 Å². The highest BCUT2D eigenvalue weighted by molar-refractivity contribution is 7.09. The van der Waals surface area contributed by atoms with Gasteiger partial charge in [0.05, 0.1) is 5.01 Å². The maximum atomic E-state index is 12.6. The summed E-state index contributed by atoms with van der Waals surface area (Å²) in [6.07, 6.45) is 4.85. The number of hydrogen-bond donors (Lipinski definition) is 0. The molecule has 1 amide bonds. The normalized spacial score (nSPS) is 14.2. The summed E-state index contributed by atoms with van der Waals surface area (Å²) >= 11 is 7.51. The van der Waals surface area contributed by atoms with Crippen LogP contribution in [0.2, 0.25) is 5.02 Å². The molecule has 1 aliphatic rings. The Morgan fingerprint density at radius 3 is 2.70 bits per heavy atom. The van der Waals surface area contributed by atoms with Gasteiger partial charge in [-0.2, -0.15) is 0 Å². The Balaban J connectivity index is 1.69. The highest BCUT2D eigenvalue weighted by Crippen LogP contribution is 2.28. The van der Waals surface area contributed by atoms with Gasteiger partial charge in [0.1, 0.15) is 0 Å². The zero-order chi connectivity index (χ0) is 13.9. The summed E-state index contributed by atoms with van der Waals surface area (Å²) in [6.45, 7) is 0.736. The number of benzene rings is 1. The van der Waals surface area contributed by atoms with Crippen LogP contribution in [0.3, 0.4) is 0 Å². The fourth-order valence-electron chi connectivity index (χ4n) is 2.19. The molecule has 0 radical (unpaired) electrons. The number of hydrogen-bond acceptors (Lipinski definition) is 3. The van der Waals surface area contributed by atoms with Crippen LogP contribution in [0.4, 0.5) is 0 Å². The molecule has 0 bridgehead atoms. The molecule has 104 valence electrons. The van der Waals surface area contributed by atoms with E-state index in [1.54, 1.807) is 35.6 Å². The van der Waals surface area contributed by atoms with Gasteiger partial charge in [-0.3, -0.25) is 4.79 Å². The molecule has 1 fully saturated rings. The van der Waals surface area contributed by atoms with Crippen molar-refractivity contribution >= 4 is 28.8 Å². The van der Waals surface area contributed by atoms with Gasteiger partial charge >= 0.3 is 0 Å². The summed E-state index contributed by atoms with van der Waals surface area (Å²) in [4.78, 5) is 18.8. The molecular formula is C15H15ClN2OS. The largest absolute Gasteiger partial charge is 0.335 e. The summed E-state index contributed by atoms with van der Waals surface area (Å²) < 4.78 is 0. The molecule has 20 heavy (non-hydrogen) atoms. The fourth-order valence-corrected chi connectivity index (χ4v) is 2.92. The predicted molar refractivity (Wildman–Crippen MR) is 81.3 cm³/mol. The van der Waals surface area contributed by atoms with E-state index in [2.05, 4.69) is 4.98 Å². The van der Waals surface area contributed by atoms with Gasteiger partial charge in [0.2, 0.25) is 0 Å². The molecule has 2 aromatic rings. The number of nitrogens with zero attached hydrogens (tertiary/aromatic N) is 2. The van der Waals surface area contributed by atoms with E-state index in [9.17, 15) is 4.79 Å². The third-order valence-corrected chi connectivity index (χ3v) is 4.48. The molecule has 1 heterocycles. The van der Waals surface area contributed by atoms with Crippen molar-refractivity contribution in [2.24, 2.45) is 0 Å². The Kier molecular flexibility index (Phi) is 4.03. The first kappa shape index (κ1) is 13.6. The molecule has 1 aromatic carbocycles. The van der Waals surface area contributed by atoms with Gasteiger partial charge in [0.25, 0.3) is 5.91 Å². The van der Waals surface area contributed by atoms with E-state index in [0.717, 1.165) is 30.8 Å². The predicted octanol–water partition coefficient (Wildman–Crippen LogP) is 3.64. The number of aromatic nitrogens is 1. The van der Waals surface area contributed by atoms with Crippen LogP contribution in [0.25, 0.3) is 0 Å². The van der Waals surface area contributed by atoms with Gasteiger partial charge in [0, 0.05) is 41.2 Å². The zero-order valence-electron chi connectivity index (χ0n) is 11.0. The summed E-state index contributed by atoms with van der Waals surface area (Å²) in [5.74, 6) is 0.0979. The average Bonchev–Trinajstić information content (AvgIpc) is 3.15. The number of carbonyl (C=O) groups excluding carboxylic acids is 1. The number of rotatable bonds is 5. The maximum Gasteiger partial charge on any atom is 0.254 e. The molecule has 0 spiro atoms. The summed E-state index contributed by atoms with van der Waals surface area (Å²) in [5, 5.41) is 3.71. The van der Waals surface area contributed by atoms with Gasteiger partial charge in [-0.25, -0.2) is 4.98 Å². The van der Waals surface area contributed by atoms with Crippen LogP contribution in [0.5, 0.6) is 0 Å². The lowest BCUT2D eigenvalue weighted by molar-refractivity contribution is 0.0745. The Morgan fingerprint density at radius 2 is 2.10 bits per heavy atom. The van der Waals surface area contributed by atoms with Crippen LogP contribution in [-0.2, 0) is 6.42 Å². The van der Waals surface area contributed by atoms with Crippen molar-refractivity contribution in [1.82, 2.24) is 9.88 Å². The van der Waals surface area contributed by atoms with Crippen molar-refractivity contribution in [2.75, 3.05) is 6.54 Å². The lowest BCUT2D eigenvalue weighted by Gasteiger charge is -2.22. The lowest BCUT2D eigenvalue weighted by atomic mass is 10.2. The second-order valence-corrected chi connectivity index (χ2v) is 6.33. The summed E-state index contributed by atoms with van der Waals surface area (Å²) in [7, 11) is 0. The van der Waals surface area contributed by atoms with Crippen molar-refractivity contribution in [3.8, 4) is 0 Å². The number of amides is 1. The first-order chi connectivity index (χ1) is 9.74. The minimum absolute atomic E-state index is 0.0979. The van der Waals surface area contributed by atoms with E-state index in [1.165, 1.54) is 0 Å². The Bertz CT molecular complexity index is 578. The van der Waals surface area contributed by atoms with Crippen molar-refractivity contribution < 1.29 is 4.79 Å². The lowest BCUT2D eigenvalue weighted by Crippen LogP contribution is -2.34. The molecular weight excluding hydrogens is 292 g/mol. The first-order valence-electron chi connectivity index (χ1n) is 6.69. The minimum atomic E-state index is 0.0979. The van der Waals surface area contributed by atoms with Gasteiger partial charge in [-0.05, 0) is 37.1 Å². The molecule has 0 aliphatic heterocycles. The van der Waals surface area contributed by atoms with Crippen molar-refractivity contribution in [3.63, 3.8) is 0 Å². The molecule has 3 rings (SSSR count). The number of carbonyl (C=O) groups is 1. The highest BCUT2D eigenvalue weighted by atomic mass is 35.5. The quantitative estimate of drug-likeness (QED) is 0.845. The van der Waals surface area contributed by atoms with Crippen LogP contribution in [0.15, 0.2) is 35.8 Å². The smallest absolute Gasteiger partial charge is 0.254 e. The molecule has 1 aliphatic carbocycles. The van der Waals surface area contributed by atoms with Crippen LogP contribution in [0.1, 0.15) is 28.2 Å². The average molecular weight is 307 g/mol. The van der Waals surface area contributed by atoms with Crippen LogP contribution >= 0.6 is 22.9 Å². The van der Waals surface area contributed by atoms with Crippen LogP contribution in [0, 0.1) is 0 Å². The number of thiazole rings is 1. The second-order valence-electron chi connectivity index (χ2n) is 4.91. The van der Waals surface area contributed by atoms with E-state index >= 15 is 0 Å². The Labute approximate surface area is 127 Å². The topological polar surface area (TPSA) is 33.2 Å². The van der Waals surface area contributed by atoms with E-state index in [0.29, 0.717) is 16.6 Å². The van der Waals surface area contributed by atoms with Gasteiger partial charge < -0.3 is 4.90 Å². The first-order valence-corrected chi connectivity index (χ1v) is 7.95. The number of halogens is 1. The molecule has 0 atom stereocenters. The molecule has 3 nitrogen and oxygen atoms in total. The SMILES string of the molecule is O=C(c1ccc(Cl)cc1)N(CCc1nccs1)C1CC1. The van der Waals surface area contributed by atoms with E-state index < -0.39 is 0 Å². The van der Waals surface area contributed by atoms with Crippen molar-refractivity contribution in [3.05, 3.63) is 51.4 Å². The van der Waals surface area contributed by atoms with E-state index in [-0.39, 0.29) is 5.91 Å². The third kappa shape index (κ3) is 3.19. The fraction of sp³-hybridized carbons (Fsp3) is 0.333. The summed E-state index contributed by atoms with van der Waals surface area (Å²) in [6, 6.07) is 7.52. The van der Waals surface area contributed by atoms with E-state index in [1.807, 2.05) is 16.5 Å². The highest BCUT2D eigenvalue weighted by Gasteiger charge is 2.32. The van der Waals surface area contributed by atoms with Gasteiger partial charge in [-0.1, -0.05) is 11.6 Å². The minimum Gasteiger partial charge on any atom is -0.335 e. The second kappa shape index (κ2) is 5.94. The summed E-state index contributed by atoms with van der Waals surface area (Å²) in [5.41, 5.74) is 0.709. The van der Waals surface area contributed by atoms with Crippen LogP contribution in [-0.4, -0.2) is 28.4 Å². The third-order valence-electron chi connectivity index (χ3n) is 3.39. The van der Waals surface area contributed by atoms with Crippen LogP contribution < -0.4 is 0 Å². The maximum absolute atomic E-state index is 12.6. The Morgan fingerprint density at radius 1 is 1.35 bits per heavy atom. The zero-order valence-corrected chi connectivity index (χ0v) is 12.5. The van der Waals surface area contributed by atoms with Crippen molar-refractivity contribution in [2.45, 2.75) is 25.3 Å². The molecule has 1 saturated carbocycles. The monoisotopic (exact) mass is 306 g/mol. The molecule has 0 unspecified atom stereocenters.